The van der Waals surface area contributed by atoms with Crippen LogP contribution in [0.25, 0.3) is 0 Å². The Hall–Kier alpha value is -2.86. The van der Waals surface area contributed by atoms with Gasteiger partial charge < -0.3 is 19.6 Å². The molecule has 0 radical (unpaired) electrons. The number of ether oxygens (including phenoxy) is 1. The second-order valence-electron chi connectivity index (χ2n) is 15.9. The second-order valence-corrected chi connectivity index (χ2v) is 18.4. The van der Waals surface area contributed by atoms with E-state index >= 15 is 0 Å². The van der Waals surface area contributed by atoms with E-state index in [0.29, 0.717) is 64.3 Å². The molecule has 2 fully saturated rings. The SMILES string of the molecule is C[C@@H]1[C@@H](C)CCC[C@@](O)(CN2CCN(C)C(=O)C2)[C@@H]2CC[C@H]2CN2C[C@@]3(CCCc4cc(Cl)ccc43)COc3ccc(cc32)C(=O)NS1(=O)=O. The molecule has 12 heteroatoms. The van der Waals surface area contributed by atoms with Gasteiger partial charge in [-0.3, -0.25) is 14.5 Å². The highest BCUT2D eigenvalue weighted by Crippen LogP contribution is 2.49. The van der Waals surface area contributed by atoms with E-state index in [2.05, 4.69) is 26.7 Å². The maximum absolute atomic E-state index is 13.6. The first-order valence-electron chi connectivity index (χ1n) is 18.3. The number of nitrogens with one attached hydrogen (secondary N) is 1. The monoisotopic (exact) mass is 726 g/mol. The smallest absolute Gasteiger partial charge is 0.264 e. The van der Waals surface area contributed by atoms with Gasteiger partial charge in [-0.15, -0.1) is 0 Å². The molecule has 7 rings (SSSR count). The van der Waals surface area contributed by atoms with E-state index in [1.165, 1.54) is 11.1 Å². The van der Waals surface area contributed by atoms with Crippen molar-refractivity contribution in [2.24, 2.45) is 17.8 Å². The van der Waals surface area contributed by atoms with Crippen LogP contribution >= 0.6 is 11.6 Å². The molecule has 0 aromatic heterocycles. The number of sulfonamides is 1. The van der Waals surface area contributed by atoms with Gasteiger partial charge in [-0.1, -0.05) is 31.0 Å². The molecule has 3 heterocycles. The van der Waals surface area contributed by atoms with Crippen molar-refractivity contribution in [2.45, 2.75) is 81.5 Å². The molecule has 2 aliphatic carbocycles. The number of hydrogen-bond acceptors (Lipinski definition) is 8. The molecule has 1 saturated carbocycles. The Morgan fingerprint density at radius 1 is 1.04 bits per heavy atom. The average molecular weight is 727 g/mol. The van der Waals surface area contributed by atoms with E-state index in [9.17, 15) is 23.1 Å². The van der Waals surface area contributed by atoms with Crippen molar-refractivity contribution in [3.63, 3.8) is 0 Å². The number of amides is 2. The first kappa shape index (κ1) is 35.5. The van der Waals surface area contributed by atoms with Gasteiger partial charge in [0.25, 0.3) is 5.91 Å². The molecule has 0 unspecified atom stereocenters. The lowest BCUT2D eigenvalue weighted by Gasteiger charge is -2.51. The third kappa shape index (κ3) is 6.75. The molecular formula is C38H51ClN4O6S. The lowest BCUT2D eigenvalue weighted by molar-refractivity contribution is -0.140. The Morgan fingerprint density at radius 3 is 2.62 bits per heavy atom. The number of aryl methyl sites for hydroxylation is 1. The van der Waals surface area contributed by atoms with Crippen LogP contribution in [0.1, 0.15) is 80.3 Å². The summed E-state index contributed by atoms with van der Waals surface area (Å²) in [5.74, 6) is 0.0286. The number of benzene rings is 2. The number of carbonyl (C=O) groups is 2. The summed E-state index contributed by atoms with van der Waals surface area (Å²) in [6.07, 6.45) is 6.47. The third-order valence-corrected chi connectivity index (χ3v) is 14.8. The molecule has 1 saturated heterocycles. The quantitative estimate of drug-likeness (QED) is 0.461. The van der Waals surface area contributed by atoms with Crippen LogP contribution in [0.5, 0.6) is 5.75 Å². The standard InChI is InChI=1S/C38H51ClN4O6S/c1-25-6-4-15-38(46,23-42-17-16-41(3)35(44)21-42)32-11-8-29(32)20-43-22-37(14-5-7-27-18-30(39)10-12-31(27)37)24-49-34-13-9-28(19-33(34)43)36(45)40-50(47,48)26(25)2/h9-10,12-13,18-19,25-26,29,32,46H,4-8,11,14-17,20-24H2,1-3H3,(H,40,45)/t25-,26+,29-,32+,37-,38+/m0/s1. The maximum atomic E-state index is 13.6. The van der Waals surface area contributed by atoms with E-state index in [1.54, 1.807) is 30.0 Å². The van der Waals surface area contributed by atoms with Crippen LogP contribution in [-0.2, 0) is 26.7 Å². The van der Waals surface area contributed by atoms with E-state index in [-0.39, 0.29) is 41.2 Å². The van der Waals surface area contributed by atoms with Crippen molar-refractivity contribution in [3.8, 4) is 5.75 Å². The number of β-amino-alcohol motifs (C(OH)–C–C–N with tert-alkyl or cyclic N) is 1. The minimum Gasteiger partial charge on any atom is -0.490 e. The zero-order valence-corrected chi connectivity index (χ0v) is 31.1. The van der Waals surface area contributed by atoms with E-state index in [0.717, 1.165) is 42.8 Å². The van der Waals surface area contributed by atoms with E-state index in [1.807, 2.05) is 20.0 Å². The number of piperazine rings is 1. The summed E-state index contributed by atoms with van der Waals surface area (Å²) >= 11 is 6.46. The summed E-state index contributed by atoms with van der Waals surface area (Å²) < 4.78 is 36.0. The van der Waals surface area contributed by atoms with Crippen LogP contribution in [0.4, 0.5) is 5.69 Å². The van der Waals surface area contributed by atoms with Crippen molar-refractivity contribution in [1.82, 2.24) is 14.5 Å². The highest BCUT2D eigenvalue weighted by atomic mass is 35.5. The van der Waals surface area contributed by atoms with Gasteiger partial charge >= 0.3 is 0 Å². The molecule has 2 amide bonds. The van der Waals surface area contributed by atoms with Crippen molar-refractivity contribution in [1.29, 1.82) is 0 Å². The van der Waals surface area contributed by atoms with Gasteiger partial charge in [0.2, 0.25) is 15.9 Å². The Morgan fingerprint density at radius 2 is 1.86 bits per heavy atom. The third-order valence-electron chi connectivity index (χ3n) is 12.7. The molecule has 5 aliphatic rings. The number of fused-ring (bicyclic) bond motifs is 4. The molecule has 6 atom stereocenters. The Balaban J connectivity index is 1.28. The zero-order chi connectivity index (χ0) is 35.4. The predicted octanol–water partition coefficient (Wildman–Crippen LogP) is 4.61. The number of nitrogens with zero attached hydrogens (tertiary/aromatic N) is 3. The molecule has 272 valence electrons. The number of rotatable bonds is 2. The fraction of sp³-hybridized carbons (Fsp3) is 0.632. The fourth-order valence-electron chi connectivity index (χ4n) is 9.30. The summed E-state index contributed by atoms with van der Waals surface area (Å²) in [4.78, 5) is 32.4. The van der Waals surface area contributed by atoms with Crippen LogP contribution in [-0.4, -0.2) is 98.9 Å². The van der Waals surface area contributed by atoms with Crippen molar-refractivity contribution in [2.75, 3.05) is 57.8 Å². The Bertz CT molecular complexity index is 1760. The summed E-state index contributed by atoms with van der Waals surface area (Å²) in [5.41, 5.74) is 2.15. The molecule has 50 heavy (non-hydrogen) atoms. The molecule has 1 spiro atoms. The van der Waals surface area contributed by atoms with Gasteiger partial charge in [0.05, 0.1) is 29.7 Å². The van der Waals surface area contributed by atoms with Crippen molar-refractivity contribution >= 4 is 39.1 Å². The number of aliphatic hydroxyl groups is 1. The van der Waals surface area contributed by atoms with Crippen molar-refractivity contribution in [3.05, 3.63) is 58.1 Å². The summed E-state index contributed by atoms with van der Waals surface area (Å²) in [5, 5.41) is 12.6. The molecule has 2 bridgehead atoms. The summed E-state index contributed by atoms with van der Waals surface area (Å²) in [7, 11) is -2.15. The topological polar surface area (TPSA) is 119 Å². The van der Waals surface area contributed by atoms with Gasteiger partial charge in [0.15, 0.2) is 0 Å². The number of likely N-dealkylation sites (N-methyl/N-ethyl adjacent to an activating group) is 1. The number of carbonyl (C=O) groups excluding carboxylic acids is 2. The lowest BCUT2D eigenvalue weighted by atomic mass is 9.62. The van der Waals surface area contributed by atoms with Crippen LogP contribution in [0.2, 0.25) is 5.02 Å². The summed E-state index contributed by atoms with van der Waals surface area (Å²) in [6.45, 7) is 7.35. The minimum absolute atomic E-state index is 0.00845. The highest BCUT2D eigenvalue weighted by molar-refractivity contribution is 7.90. The van der Waals surface area contributed by atoms with Gasteiger partial charge in [-0.2, -0.15) is 0 Å². The highest BCUT2D eigenvalue weighted by Gasteiger charge is 2.50. The predicted molar refractivity (Wildman–Crippen MR) is 194 cm³/mol. The van der Waals surface area contributed by atoms with Crippen LogP contribution in [0, 0.1) is 17.8 Å². The summed E-state index contributed by atoms with van der Waals surface area (Å²) in [6, 6.07) is 11.4. The van der Waals surface area contributed by atoms with Gasteiger partial charge in [0.1, 0.15) is 5.75 Å². The Labute approximate surface area is 301 Å². The average Bonchev–Trinajstić information content (AvgIpc) is 3.20. The first-order chi connectivity index (χ1) is 23.8. The molecule has 2 N–H and O–H groups in total. The number of anilines is 1. The Kier molecular flexibility index (Phi) is 9.67. The van der Waals surface area contributed by atoms with Crippen LogP contribution in [0.15, 0.2) is 36.4 Å². The van der Waals surface area contributed by atoms with Gasteiger partial charge in [-0.05, 0) is 111 Å². The fourth-order valence-corrected chi connectivity index (χ4v) is 10.8. The molecule has 2 aromatic carbocycles. The minimum atomic E-state index is -3.98. The van der Waals surface area contributed by atoms with Crippen molar-refractivity contribution < 1.29 is 27.9 Å². The largest absolute Gasteiger partial charge is 0.490 e. The normalized spacial score (nSPS) is 33.4. The van der Waals surface area contributed by atoms with E-state index in [4.69, 9.17) is 16.3 Å². The van der Waals surface area contributed by atoms with E-state index < -0.39 is 26.8 Å². The number of hydrogen-bond donors (Lipinski definition) is 2. The van der Waals surface area contributed by atoms with Gasteiger partial charge in [-0.25, -0.2) is 13.1 Å². The molecule has 10 nitrogen and oxygen atoms in total. The van der Waals surface area contributed by atoms with Crippen LogP contribution < -0.4 is 14.4 Å². The number of halogens is 1. The molecular weight excluding hydrogens is 676 g/mol. The first-order valence-corrected chi connectivity index (χ1v) is 20.2. The second kappa shape index (κ2) is 13.6. The van der Waals surface area contributed by atoms with Gasteiger partial charge in [0, 0.05) is 55.8 Å². The van der Waals surface area contributed by atoms with Crippen LogP contribution in [0.3, 0.4) is 0 Å². The maximum Gasteiger partial charge on any atom is 0.264 e. The lowest BCUT2D eigenvalue weighted by Crippen LogP contribution is -2.59. The molecule has 3 aliphatic heterocycles. The molecule has 2 aromatic rings. The zero-order valence-electron chi connectivity index (χ0n) is 29.5.